The van der Waals surface area contributed by atoms with Crippen LogP contribution in [0, 0.1) is 0 Å². The minimum absolute atomic E-state index is 0.270. The molecule has 4 N–H and O–H groups in total. The van der Waals surface area contributed by atoms with Crippen LogP contribution < -0.4 is 11.5 Å². The lowest BCUT2D eigenvalue weighted by Crippen LogP contribution is -2.13. The van der Waals surface area contributed by atoms with Gasteiger partial charge in [0.05, 0.1) is 10.6 Å². The van der Waals surface area contributed by atoms with Crippen molar-refractivity contribution >= 4 is 39.1 Å². The predicted molar refractivity (Wildman–Crippen MR) is 52.1 cm³/mol. The summed E-state index contributed by atoms with van der Waals surface area (Å²) >= 11 is 8.86. The van der Waals surface area contributed by atoms with Crippen LogP contribution in [0.2, 0.25) is 5.02 Å². The summed E-state index contributed by atoms with van der Waals surface area (Å²) in [6.07, 6.45) is 0. The van der Waals surface area contributed by atoms with Gasteiger partial charge in [-0.15, -0.1) is 0 Å². The Balaban J connectivity index is 3.33. The highest BCUT2D eigenvalue weighted by atomic mass is 79.9. The van der Waals surface area contributed by atoms with Crippen molar-refractivity contribution in [2.75, 3.05) is 5.73 Å². The summed E-state index contributed by atoms with van der Waals surface area (Å²) in [7, 11) is 0. The number of hydrogen-bond donors (Lipinski definition) is 2. The Kier molecular flexibility index (Phi) is 2.59. The number of nitrogen functional groups attached to an aromatic ring is 1. The molecule has 3 nitrogen and oxygen atoms in total. The van der Waals surface area contributed by atoms with E-state index in [0.29, 0.717) is 9.50 Å². The van der Waals surface area contributed by atoms with E-state index in [1.54, 1.807) is 0 Å². The van der Waals surface area contributed by atoms with Gasteiger partial charge in [-0.1, -0.05) is 11.6 Å². The smallest absolute Gasteiger partial charge is 0.250 e. The zero-order chi connectivity index (χ0) is 9.30. The van der Waals surface area contributed by atoms with Crippen LogP contribution in [0.3, 0.4) is 0 Å². The number of halogens is 2. The second kappa shape index (κ2) is 3.33. The Bertz CT molecular complexity index is 340. The molecular weight excluding hydrogens is 243 g/mol. The van der Waals surface area contributed by atoms with Crippen LogP contribution in [-0.4, -0.2) is 5.91 Å². The summed E-state index contributed by atoms with van der Waals surface area (Å²) in [4.78, 5) is 10.8. The van der Waals surface area contributed by atoms with Crippen LogP contribution in [0.4, 0.5) is 5.69 Å². The van der Waals surface area contributed by atoms with Gasteiger partial charge in [-0.25, -0.2) is 0 Å². The van der Waals surface area contributed by atoms with E-state index < -0.39 is 5.91 Å². The Labute approximate surface area is 82.8 Å². The molecule has 0 fully saturated rings. The quantitative estimate of drug-likeness (QED) is 0.745. The van der Waals surface area contributed by atoms with E-state index in [2.05, 4.69) is 15.9 Å². The summed E-state index contributed by atoms with van der Waals surface area (Å²) in [5.74, 6) is -0.565. The number of amides is 1. The molecule has 0 radical (unpaired) electrons. The van der Waals surface area contributed by atoms with Gasteiger partial charge in [0.25, 0.3) is 5.91 Å². The number of primary amides is 1. The third-order valence-electron chi connectivity index (χ3n) is 1.36. The van der Waals surface area contributed by atoms with E-state index in [-0.39, 0.29) is 11.3 Å². The first-order valence-corrected chi connectivity index (χ1v) is 4.24. The largest absolute Gasteiger partial charge is 0.398 e. The number of benzene rings is 1. The first kappa shape index (κ1) is 9.35. The Morgan fingerprint density at radius 3 is 2.58 bits per heavy atom. The molecule has 0 aliphatic carbocycles. The standard InChI is InChI=1S/C7H6BrClN2O/c8-4-1-3(7(11)12)6(10)2-5(4)9/h1-2H,10H2,(H2,11,12). The molecule has 1 rings (SSSR count). The molecule has 0 saturated carbocycles. The zero-order valence-corrected chi connectivity index (χ0v) is 8.32. The molecular formula is C7H6BrClN2O. The average Bonchev–Trinajstić information content (AvgIpc) is 1.96. The van der Waals surface area contributed by atoms with Crippen molar-refractivity contribution in [2.24, 2.45) is 5.73 Å². The summed E-state index contributed by atoms with van der Waals surface area (Å²) < 4.78 is 0.604. The monoisotopic (exact) mass is 248 g/mol. The van der Waals surface area contributed by atoms with Gasteiger partial charge in [0.1, 0.15) is 0 Å². The number of anilines is 1. The minimum Gasteiger partial charge on any atom is -0.398 e. The molecule has 0 bridgehead atoms. The Morgan fingerprint density at radius 1 is 1.50 bits per heavy atom. The summed E-state index contributed by atoms with van der Waals surface area (Å²) in [5.41, 5.74) is 11.1. The maximum atomic E-state index is 10.8. The summed E-state index contributed by atoms with van der Waals surface area (Å²) in [6.45, 7) is 0. The van der Waals surface area contributed by atoms with Crippen LogP contribution in [0.15, 0.2) is 16.6 Å². The summed E-state index contributed by atoms with van der Waals surface area (Å²) in [5, 5.41) is 0.456. The minimum atomic E-state index is -0.565. The van der Waals surface area contributed by atoms with Gasteiger partial charge in [0.2, 0.25) is 0 Å². The molecule has 0 aromatic heterocycles. The van der Waals surface area contributed by atoms with E-state index in [0.717, 1.165) is 0 Å². The average molecular weight is 249 g/mol. The maximum absolute atomic E-state index is 10.8. The number of rotatable bonds is 1. The second-order valence-electron chi connectivity index (χ2n) is 2.22. The summed E-state index contributed by atoms with van der Waals surface area (Å²) in [6, 6.07) is 2.98. The third kappa shape index (κ3) is 1.70. The second-order valence-corrected chi connectivity index (χ2v) is 3.48. The number of hydrogen-bond acceptors (Lipinski definition) is 2. The van der Waals surface area contributed by atoms with Crippen LogP contribution in [0.1, 0.15) is 10.4 Å². The fourth-order valence-corrected chi connectivity index (χ4v) is 1.29. The Hall–Kier alpha value is -0.740. The van der Waals surface area contributed by atoms with Crippen LogP contribution >= 0.6 is 27.5 Å². The van der Waals surface area contributed by atoms with Gasteiger partial charge in [-0.2, -0.15) is 0 Å². The van der Waals surface area contributed by atoms with Crippen molar-refractivity contribution in [2.45, 2.75) is 0 Å². The first-order chi connectivity index (χ1) is 5.52. The van der Waals surface area contributed by atoms with Gasteiger partial charge in [0, 0.05) is 10.2 Å². The van der Waals surface area contributed by atoms with Gasteiger partial charge in [0.15, 0.2) is 0 Å². The first-order valence-electron chi connectivity index (χ1n) is 3.06. The SMILES string of the molecule is NC(=O)c1cc(Br)c(Cl)cc1N. The van der Waals surface area contributed by atoms with E-state index in [9.17, 15) is 4.79 Å². The molecule has 64 valence electrons. The highest BCUT2D eigenvalue weighted by molar-refractivity contribution is 9.10. The maximum Gasteiger partial charge on any atom is 0.250 e. The van der Waals surface area contributed by atoms with E-state index in [1.165, 1.54) is 12.1 Å². The van der Waals surface area contributed by atoms with Crippen molar-refractivity contribution in [3.8, 4) is 0 Å². The van der Waals surface area contributed by atoms with Crippen molar-refractivity contribution in [3.05, 3.63) is 27.2 Å². The number of carbonyl (C=O) groups excluding carboxylic acids is 1. The van der Waals surface area contributed by atoms with E-state index >= 15 is 0 Å². The lowest BCUT2D eigenvalue weighted by molar-refractivity contribution is 0.100. The molecule has 0 saturated heterocycles. The predicted octanol–water partition coefficient (Wildman–Crippen LogP) is 1.78. The lowest BCUT2D eigenvalue weighted by atomic mass is 10.2. The zero-order valence-electron chi connectivity index (χ0n) is 5.97. The van der Waals surface area contributed by atoms with Crippen LogP contribution in [0.5, 0.6) is 0 Å². The molecule has 0 spiro atoms. The van der Waals surface area contributed by atoms with Crippen molar-refractivity contribution in [1.29, 1.82) is 0 Å². The molecule has 0 unspecified atom stereocenters. The highest BCUT2D eigenvalue weighted by Gasteiger charge is 2.08. The van der Waals surface area contributed by atoms with Gasteiger partial charge < -0.3 is 11.5 Å². The third-order valence-corrected chi connectivity index (χ3v) is 2.55. The van der Waals surface area contributed by atoms with Crippen molar-refractivity contribution < 1.29 is 4.79 Å². The topological polar surface area (TPSA) is 69.1 Å². The fraction of sp³-hybridized carbons (Fsp3) is 0. The molecule has 1 amide bonds. The molecule has 1 aromatic rings. The normalized spacial score (nSPS) is 9.83. The van der Waals surface area contributed by atoms with E-state index in [1.807, 2.05) is 0 Å². The van der Waals surface area contributed by atoms with Gasteiger partial charge in [-0.3, -0.25) is 4.79 Å². The molecule has 0 heterocycles. The number of nitrogens with two attached hydrogens (primary N) is 2. The highest BCUT2D eigenvalue weighted by Crippen LogP contribution is 2.27. The van der Waals surface area contributed by atoms with Crippen molar-refractivity contribution in [1.82, 2.24) is 0 Å². The molecule has 5 heteroatoms. The molecule has 0 aliphatic rings. The van der Waals surface area contributed by atoms with Crippen LogP contribution in [0.25, 0.3) is 0 Å². The van der Waals surface area contributed by atoms with Crippen molar-refractivity contribution in [3.63, 3.8) is 0 Å². The molecule has 0 aliphatic heterocycles. The molecule has 12 heavy (non-hydrogen) atoms. The Morgan fingerprint density at radius 2 is 2.08 bits per heavy atom. The number of carbonyl (C=O) groups is 1. The van der Waals surface area contributed by atoms with Gasteiger partial charge >= 0.3 is 0 Å². The fourth-order valence-electron chi connectivity index (χ4n) is 0.776. The van der Waals surface area contributed by atoms with E-state index in [4.69, 9.17) is 23.1 Å². The molecule has 0 atom stereocenters. The van der Waals surface area contributed by atoms with Crippen LogP contribution in [-0.2, 0) is 0 Å². The van der Waals surface area contributed by atoms with Gasteiger partial charge in [-0.05, 0) is 28.1 Å². The molecule has 1 aromatic carbocycles. The lowest BCUT2D eigenvalue weighted by Gasteiger charge is -2.03.